The number of nitrogens with one attached hydrogen (secondary N) is 1. The van der Waals surface area contributed by atoms with E-state index >= 15 is 0 Å². The van der Waals surface area contributed by atoms with Gasteiger partial charge in [-0.15, -0.1) is 0 Å². The number of hydrogen-bond donors (Lipinski definition) is 1. The summed E-state index contributed by atoms with van der Waals surface area (Å²) in [5.41, 5.74) is -0.786. The van der Waals surface area contributed by atoms with Crippen molar-refractivity contribution in [3.05, 3.63) is 71.8 Å². The number of halogens is 3. The standard InChI is InChI=1S/C24H19F3N2O5/c25-24(26,27)15-6-4-7-16(12-15)28-20(30)13-34-23(33)14-5-3-8-17(11-14)29-21(31)18-9-1-2-10-19(18)22(29)32/h1-8,11-12,18-19H,9-10,13H2,(H,28,30)/t18-,19-/m0/s1. The topological polar surface area (TPSA) is 92.8 Å². The Morgan fingerprint density at radius 1 is 0.971 bits per heavy atom. The largest absolute Gasteiger partial charge is 0.452 e. The minimum Gasteiger partial charge on any atom is -0.452 e. The van der Waals surface area contributed by atoms with Crippen LogP contribution < -0.4 is 10.2 Å². The van der Waals surface area contributed by atoms with Gasteiger partial charge >= 0.3 is 12.1 Å². The van der Waals surface area contributed by atoms with Crippen molar-refractivity contribution >= 4 is 35.1 Å². The number of ether oxygens (including phenoxy) is 1. The Kier molecular flexibility index (Phi) is 6.23. The van der Waals surface area contributed by atoms with E-state index in [1.165, 1.54) is 30.3 Å². The van der Waals surface area contributed by atoms with E-state index in [-0.39, 0.29) is 28.8 Å². The fraction of sp³-hybridized carbons (Fsp3) is 0.250. The number of carbonyl (C=O) groups excluding carboxylic acids is 4. The molecule has 0 aromatic heterocycles. The van der Waals surface area contributed by atoms with E-state index in [1.807, 2.05) is 12.2 Å². The Balaban J connectivity index is 1.39. The van der Waals surface area contributed by atoms with Crippen molar-refractivity contribution in [2.24, 2.45) is 11.8 Å². The number of esters is 1. The molecule has 2 aromatic rings. The first-order chi connectivity index (χ1) is 16.1. The molecule has 1 fully saturated rings. The molecule has 2 atom stereocenters. The lowest BCUT2D eigenvalue weighted by molar-refractivity contribution is -0.137. The highest BCUT2D eigenvalue weighted by Gasteiger charge is 2.47. The van der Waals surface area contributed by atoms with Crippen LogP contribution in [0.5, 0.6) is 0 Å². The van der Waals surface area contributed by atoms with Crippen molar-refractivity contribution in [2.75, 3.05) is 16.8 Å². The van der Waals surface area contributed by atoms with Crippen LogP contribution in [0.2, 0.25) is 0 Å². The van der Waals surface area contributed by atoms with Crippen LogP contribution in [0.15, 0.2) is 60.7 Å². The number of rotatable bonds is 5. The van der Waals surface area contributed by atoms with Crippen molar-refractivity contribution < 1.29 is 37.1 Å². The summed E-state index contributed by atoms with van der Waals surface area (Å²) in [6.45, 7) is -0.739. The number of nitrogens with zero attached hydrogens (tertiary/aromatic N) is 1. The lowest BCUT2D eigenvalue weighted by Gasteiger charge is -2.15. The maximum atomic E-state index is 12.8. The fourth-order valence-corrected chi connectivity index (χ4v) is 4.01. The Bertz CT molecular complexity index is 1170. The zero-order valence-corrected chi connectivity index (χ0v) is 17.7. The molecule has 10 heteroatoms. The van der Waals surface area contributed by atoms with Crippen molar-refractivity contribution in [3.8, 4) is 0 Å². The van der Waals surface area contributed by atoms with Crippen LogP contribution in [0.25, 0.3) is 0 Å². The first-order valence-corrected chi connectivity index (χ1v) is 10.4. The monoisotopic (exact) mass is 472 g/mol. The molecule has 3 amide bonds. The molecule has 7 nitrogen and oxygen atoms in total. The zero-order chi connectivity index (χ0) is 24.5. The first-order valence-electron chi connectivity index (χ1n) is 10.4. The second-order valence-corrected chi connectivity index (χ2v) is 7.92. The molecule has 0 unspecified atom stereocenters. The molecular formula is C24H19F3N2O5. The SMILES string of the molecule is O=C(COC(=O)c1cccc(N2C(=O)[C@H]3CC=CC[C@@H]3C2=O)c1)Nc1cccc(C(F)(F)F)c1. The van der Waals surface area contributed by atoms with Gasteiger partial charge < -0.3 is 10.1 Å². The highest BCUT2D eigenvalue weighted by molar-refractivity contribution is 6.22. The molecule has 1 saturated heterocycles. The van der Waals surface area contributed by atoms with Gasteiger partial charge in [-0.3, -0.25) is 19.3 Å². The molecule has 1 heterocycles. The van der Waals surface area contributed by atoms with Crippen LogP contribution in [0.1, 0.15) is 28.8 Å². The number of fused-ring (bicyclic) bond motifs is 1. The average molecular weight is 472 g/mol. The third kappa shape index (κ3) is 4.70. The van der Waals surface area contributed by atoms with Crippen molar-refractivity contribution in [1.82, 2.24) is 0 Å². The molecule has 2 aromatic carbocycles. The van der Waals surface area contributed by atoms with Gasteiger partial charge in [-0.1, -0.05) is 24.3 Å². The van der Waals surface area contributed by atoms with Crippen LogP contribution in [-0.4, -0.2) is 30.3 Å². The number of hydrogen-bond acceptors (Lipinski definition) is 5. The van der Waals surface area contributed by atoms with Gasteiger partial charge in [0.25, 0.3) is 5.91 Å². The van der Waals surface area contributed by atoms with Crippen LogP contribution in [-0.2, 0) is 25.3 Å². The Morgan fingerprint density at radius 3 is 2.26 bits per heavy atom. The van der Waals surface area contributed by atoms with E-state index in [9.17, 15) is 32.3 Å². The minimum atomic E-state index is -4.56. The molecule has 176 valence electrons. The molecule has 34 heavy (non-hydrogen) atoms. The van der Waals surface area contributed by atoms with Crippen LogP contribution in [0.3, 0.4) is 0 Å². The number of imide groups is 1. The summed E-state index contributed by atoms with van der Waals surface area (Å²) < 4.78 is 43.3. The van der Waals surface area contributed by atoms with Gasteiger partial charge in [-0.25, -0.2) is 4.79 Å². The Hall–Kier alpha value is -3.95. The molecule has 0 spiro atoms. The number of amides is 3. The minimum absolute atomic E-state index is 0.0120. The summed E-state index contributed by atoms with van der Waals surface area (Å²) in [4.78, 5) is 51.0. The van der Waals surface area contributed by atoms with Gasteiger partial charge in [0.15, 0.2) is 6.61 Å². The van der Waals surface area contributed by atoms with Gasteiger partial charge in [-0.05, 0) is 49.2 Å². The van der Waals surface area contributed by atoms with Crippen LogP contribution >= 0.6 is 0 Å². The Labute approximate surface area is 192 Å². The van der Waals surface area contributed by atoms with E-state index in [2.05, 4.69) is 5.32 Å². The summed E-state index contributed by atoms with van der Waals surface area (Å²) in [5, 5.41) is 2.24. The highest BCUT2D eigenvalue weighted by atomic mass is 19.4. The molecular weight excluding hydrogens is 453 g/mol. The maximum absolute atomic E-state index is 12.8. The van der Waals surface area contributed by atoms with Gasteiger partial charge in [-0.2, -0.15) is 13.2 Å². The molecule has 4 rings (SSSR count). The summed E-state index contributed by atoms with van der Waals surface area (Å²) in [6.07, 6.45) is 0.135. The third-order valence-electron chi connectivity index (χ3n) is 5.66. The van der Waals surface area contributed by atoms with E-state index in [1.54, 1.807) is 0 Å². The number of alkyl halides is 3. The lowest BCUT2D eigenvalue weighted by Crippen LogP contribution is -2.31. The van der Waals surface area contributed by atoms with Gasteiger partial charge in [0.2, 0.25) is 11.8 Å². The van der Waals surface area contributed by atoms with Crippen LogP contribution in [0.4, 0.5) is 24.5 Å². The van der Waals surface area contributed by atoms with Crippen molar-refractivity contribution in [2.45, 2.75) is 19.0 Å². The zero-order valence-electron chi connectivity index (χ0n) is 17.7. The van der Waals surface area contributed by atoms with E-state index in [0.717, 1.165) is 23.1 Å². The second kappa shape index (κ2) is 9.12. The summed E-state index contributed by atoms with van der Waals surface area (Å²) in [7, 11) is 0. The number of benzene rings is 2. The van der Waals surface area contributed by atoms with E-state index < -0.39 is 42.1 Å². The van der Waals surface area contributed by atoms with Crippen LogP contribution in [0, 0.1) is 11.8 Å². The smallest absolute Gasteiger partial charge is 0.416 e. The second-order valence-electron chi connectivity index (χ2n) is 7.92. The maximum Gasteiger partial charge on any atom is 0.416 e. The molecule has 2 aliphatic rings. The van der Waals surface area contributed by atoms with Gasteiger partial charge in [0, 0.05) is 5.69 Å². The third-order valence-corrected chi connectivity index (χ3v) is 5.66. The predicted molar refractivity (Wildman–Crippen MR) is 115 cm³/mol. The number of allylic oxidation sites excluding steroid dienone is 2. The normalized spacial score (nSPS) is 19.7. The molecule has 1 aliphatic heterocycles. The van der Waals surface area contributed by atoms with E-state index in [0.29, 0.717) is 12.8 Å². The molecule has 0 saturated carbocycles. The molecule has 0 bridgehead atoms. The molecule has 1 N–H and O–H groups in total. The molecule has 0 radical (unpaired) electrons. The summed E-state index contributed by atoms with van der Waals surface area (Å²) >= 11 is 0. The fourth-order valence-electron chi connectivity index (χ4n) is 4.01. The highest BCUT2D eigenvalue weighted by Crippen LogP contribution is 2.37. The summed E-state index contributed by atoms with van der Waals surface area (Å²) in [5.74, 6) is -3.22. The van der Waals surface area contributed by atoms with Gasteiger partial charge in [0.05, 0.1) is 28.7 Å². The number of anilines is 2. The first kappa shape index (κ1) is 23.2. The van der Waals surface area contributed by atoms with Gasteiger partial charge in [0.1, 0.15) is 0 Å². The van der Waals surface area contributed by atoms with Crippen molar-refractivity contribution in [1.29, 1.82) is 0 Å². The quantitative estimate of drug-likeness (QED) is 0.404. The average Bonchev–Trinajstić information content (AvgIpc) is 3.07. The Morgan fingerprint density at radius 2 is 1.62 bits per heavy atom. The van der Waals surface area contributed by atoms with Crippen molar-refractivity contribution in [3.63, 3.8) is 0 Å². The molecule has 1 aliphatic carbocycles. The predicted octanol–water partition coefficient (Wildman–Crippen LogP) is 3.96. The number of carbonyl (C=O) groups is 4. The lowest BCUT2D eigenvalue weighted by atomic mass is 9.85. The summed E-state index contributed by atoms with van der Waals surface area (Å²) in [6, 6.07) is 9.78. The van der Waals surface area contributed by atoms with E-state index in [4.69, 9.17) is 4.74 Å².